The lowest BCUT2D eigenvalue weighted by atomic mass is 10.1. The van der Waals surface area contributed by atoms with Crippen molar-refractivity contribution in [2.75, 3.05) is 13.1 Å². The predicted octanol–water partition coefficient (Wildman–Crippen LogP) is 0.901. The third-order valence-corrected chi connectivity index (χ3v) is 3.51. The maximum atomic E-state index is 11.3. The highest BCUT2D eigenvalue weighted by Crippen LogP contribution is 2.29. The summed E-state index contributed by atoms with van der Waals surface area (Å²) in [5, 5.41) is 6.23. The predicted molar refractivity (Wildman–Crippen MR) is 55.9 cm³/mol. The van der Waals surface area contributed by atoms with E-state index in [0.717, 1.165) is 31.3 Å². The Bertz CT molecular complexity index is 217. The molecule has 2 N–H and O–H groups in total. The lowest BCUT2D eigenvalue weighted by Gasteiger charge is -2.14. The average molecular weight is 196 g/mol. The lowest BCUT2D eigenvalue weighted by molar-refractivity contribution is -0.120. The van der Waals surface area contributed by atoms with Crippen LogP contribution in [-0.4, -0.2) is 25.0 Å². The lowest BCUT2D eigenvalue weighted by Crippen LogP contribution is -2.38. The van der Waals surface area contributed by atoms with Crippen molar-refractivity contribution in [3.8, 4) is 0 Å². The highest BCUT2D eigenvalue weighted by molar-refractivity contribution is 5.83. The van der Waals surface area contributed by atoms with E-state index in [9.17, 15) is 4.79 Å². The Kier molecular flexibility index (Phi) is 3.06. The molecule has 0 aromatic carbocycles. The van der Waals surface area contributed by atoms with Crippen LogP contribution in [0.4, 0.5) is 0 Å². The number of hydrogen-bond donors (Lipinski definition) is 2. The zero-order valence-electron chi connectivity index (χ0n) is 8.88. The van der Waals surface area contributed by atoms with Gasteiger partial charge in [-0.15, -0.1) is 0 Å². The van der Waals surface area contributed by atoms with E-state index in [-0.39, 0.29) is 11.9 Å². The van der Waals surface area contributed by atoms with Crippen molar-refractivity contribution in [3.63, 3.8) is 0 Å². The van der Waals surface area contributed by atoms with Crippen molar-refractivity contribution >= 4 is 5.91 Å². The van der Waals surface area contributed by atoms with Gasteiger partial charge in [0, 0.05) is 6.54 Å². The molecular formula is C11H20N2O. The molecule has 0 aromatic rings. The second-order valence-corrected chi connectivity index (χ2v) is 4.82. The molecule has 2 fully saturated rings. The van der Waals surface area contributed by atoms with Gasteiger partial charge in [0.2, 0.25) is 5.91 Å². The fourth-order valence-electron chi connectivity index (χ4n) is 2.61. The molecular weight excluding hydrogens is 176 g/mol. The van der Waals surface area contributed by atoms with E-state index in [1.807, 2.05) is 0 Å². The number of hydrogen-bond acceptors (Lipinski definition) is 2. The standard InChI is InChI=1S/C11H20N2O/c1-8-2-3-9(6-8)7-13-10-4-5-12-11(10)14/h8-10,13H,2-7H2,1H3,(H,12,14). The normalized spacial score (nSPS) is 37.5. The fourth-order valence-corrected chi connectivity index (χ4v) is 2.61. The summed E-state index contributed by atoms with van der Waals surface area (Å²) in [5.74, 6) is 1.88. The van der Waals surface area contributed by atoms with Crippen molar-refractivity contribution in [1.29, 1.82) is 0 Å². The van der Waals surface area contributed by atoms with Crippen LogP contribution in [0.5, 0.6) is 0 Å². The van der Waals surface area contributed by atoms with Gasteiger partial charge in [-0.1, -0.05) is 13.3 Å². The van der Waals surface area contributed by atoms with Gasteiger partial charge >= 0.3 is 0 Å². The quantitative estimate of drug-likeness (QED) is 0.704. The maximum absolute atomic E-state index is 11.3. The Balaban J connectivity index is 1.69. The van der Waals surface area contributed by atoms with Crippen LogP contribution in [0.1, 0.15) is 32.6 Å². The molecule has 3 unspecified atom stereocenters. The van der Waals surface area contributed by atoms with Crippen LogP contribution in [0, 0.1) is 11.8 Å². The molecule has 80 valence electrons. The summed E-state index contributed by atoms with van der Waals surface area (Å²) in [6, 6.07) is 0.0888. The van der Waals surface area contributed by atoms with Crippen LogP contribution in [0.3, 0.4) is 0 Å². The number of nitrogens with one attached hydrogen (secondary N) is 2. The first-order valence-corrected chi connectivity index (χ1v) is 5.77. The number of amides is 1. The Morgan fingerprint density at radius 3 is 2.86 bits per heavy atom. The van der Waals surface area contributed by atoms with Crippen LogP contribution in [0.25, 0.3) is 0 Å². The molecule has 1 saturated heterocycles. The first kappa shape index (κ1) is 9.97. The molecule has 3 atom stereocenters. The summed E-state index contributed by atoms with van der Waals surface area (Å²) in [5.41, 5.74) is 0. The topological polar surface area (TPSA) is 41.1 Å². The molecule has 0 bridgehead atoms. The molecule has 1 aliphatic carbocycles. The van der Waals surface area contributed by atoms with E-state index < -0.39 is 0 Å². The van der Waals surface area contributed by atoms with Crippen LogP contribution >= 0.6 is 0 Å². The molecule has 1 heterocycles. The minimum Gasteiger partial charge on any atom is -0.355 e. The second kappa shape index (κ2) is 4.30. The second-order valence-electron chi connectivity index (χ2n) is 4.82. The van der Waals surface area contributed by atoms with E-state index in [2.05, 4.69) is 17.6 Å². The van der Waals surface area contributed by atoms with Gasteiger partial charge in [0.25, 0.3) is 0 Å². The molecule has 2 rings (SSSR count). The van der Waals surface area contributed by atoms with Gasteiger partial charge < -0.3 is 10.6 Å². The molecule has 1 aliphatic heterocycles. The first-order chi connectivity index (χ1) is 6.75. The first-order valence-electron chi connectivity index (χ1n) is 5.77. The molecule has 3 nitrogen and oxygen atoms in total. The zero-order chi connectivity index (χ0) is 9.97. The number of rotatable bonds is 3. The van der Waals surface area contributed by atoms with Crippen molar-refractivity contribution < 1.29 is 4.79 Å². The Hall–Kier alpha value is -0.570. The van der Waals surface area contributed by atoms with E-state index in [1.165, 1.54) is 19.3 Å². The molecule has 1 saturated carbocycles. The van der Waals surface area contributed by atoms with Crippen LogP contribution < -0.4 is 10.6 Å². The van der Waals surface area contributed by atoms with Gasteiger partial charge in [0.1, 0.15) is 0 Å². The molecule has 2 aliphatic rings. The maximum Gasteiger partial charge on any atom is 0.237 e. The molecule has 3 heteroatoms. The summed E-state index contributed by atoms with van der Waals surface area (Å²) < 4.78 is 0. The molecule has 1 amide bonds. The van der Waals surface area contributed by atoms with Crippen LogP contribution in [0.15, 0.2) is 0 Å². The minimum atomic E-state index is 0.0888. The van der Waals surface area contributed by atoms with Gasteiger partial charge in [-0.25, -0.2) is 0 Å². The van der Waals surface area contributed by atoms with E-state index in [4.69, 9.17) is 0 Å². The third-order valence-electron chi connectivity index (χ3n) is 3.51. The molecule has 0 radical (unpaired) electrons. The SMILES string of the molecule is CC1CCC(CNC2CCNC2=O)C1. The summed E-state index contributed by atoms with van der Waals surface area (Å²) >= 11 is 0. The molecule has 0 aromatic heterocycles. The number of carbonyl (C=O) groups is 1. The van der Waals surface area contributed by atoms with Gasteiger partial charge in [-0.3, -0.25) is 4.79 Å². The minimum absolute atomic E-state index is 0.0888. The number of carbonyl (C=O) groups excluding carboxylic acids is 1. The fraction of sp³-hybridized carbons (Fsp3) is 0.909. The monoisotopic (exact) mass is 196 g/mol. The highest BCUT2D eigenvalue weighted by Gasteiger charge is 2.26. The van der Waals surface area contributed by atoms with Crippen molar-refractivity contribution in [2.24, 2.45) is 11.8 Å². The average Bonchev–Trinajstić information content (AvgIpc) is 2.72. The van der Waals surface area contributed by atoms with Gasteiger partial charge in [-0.2, -0.15) is 0 Å². The Labute approximate surface area is 85.6 Å². The van der Waals surface area contributed by atoms with Gasteiger partial charge in [0.15, 0.2) is 0 Å². The Morgan fingerprint density at radius 2 is 2.29 bits per heavy atom. The zero-order valence-corrected chi connectivity index (χ0v) is 8.88. The summed E-state index contributed by atoms with van der Waals surface area (Å²) in [6.07, 6.45) is 4.99. The third kappa shape index (κ3) is 2.27. The summed E-state index contributed by atoms with van der Waals surface area (Å²) in [6.45, 7) is 4.20. The van der Waals surface area contributed by atoms with Crippen molar-refractivity contribution in [3.05, 3.63) is 0 Å². The van der Waals surface area contributed by atoms with E-state index in [1.54, 1.807) is 0 Å². The van der Waals surface area contributed by atoms with Gasteiger partial charge in [-0.05, 0) is 37.6 Å². The largest absolute Gasteiger partial charge is 0.355 e. The van der Waals surface area contributed by atoms with Crippen LogP contribution in [0.2, 0.25) is 0 Å². The van der Waals surface area contributed by atoms with Crippen molar-refractivity contribution in [2.45, 2.75) is 38.6 Å². The van der Waals surface area contributed by atoms with E-state index >= 15 is 0 Å². The highest BCUT2D eigenvalue weighted by atomic mass is 16.2. The van der Waals surface area contributed by atoms with Crippen LogP contribution in [-0.2, 0) is 4.79 Å². The summed E-state index contributed by atoms with van der Waals surface area (Å²) in [4.78, 5) is 11.3. The Morgan fingerprint density at radius 1 is 1.43 bits per heavy atom. The molecule has 0 spiro atoms. The summed E-state index contributed by atoms with van der Waals surface area (Å²) in [7, 11) is 0. The smallest absolute Gasteiger partial charge is 0.237 e. The molecule has 14 heavy (non-hydrogen) atoms. The van der Waals surface area contributed by atoms with E-state index in [0.29, 0.717) is 0 Å². The van der Waals surface area contributed by atoms with Gasteiger partial charge in [0.05, 0.1) is 6.04 Å². The van der Waals surface area contributed by atoms with Crippen molar-refractivity contribution in [1.82, 2.24) is 10.6 Å².